The third kappa shape index (κ3) is 2.30. The summed E-state index contributed by atoms with van der Waals surface area (Å²) < 4.78 is 0. The van der Waals surface area contributed by atoms with Crippen molar-refractivity contribution in [3.63, 3.8) is 0 Å². The molecule has 13 heavy (non-hydrogen) atoms. The molecule has 0 saturated carbocycles. The predicted molar refractivity (Wildman–Crippen MR) is 57.1 cm³/mol. The number of nitrogens with zero attached hydrogens (tertiary/aromatic N) is 1. The number of hydrogen-bond acceptors (Lipinski definition) is 1. The topological polar surface area (TPSA) is 12.9 Å². The van der Waals surface area contributed by atoms with Crippen molar-refractivity contribution in [2.75, 3.05) is 0 Å². The van der Waals surface area contributed by atoms with Crippen molar-refractivity contribution in [1.82, 2.24) is 4.98 Å². The smallest absolute Gasteiger partial charge is 0.0413 e. The Balaban J connectivity index is 3.13. The zero-order valence-electron chi connectivity index (χ0n) is 9.31. The highest BCUT2D eigenvalue weighted by Gasteiger charge is 2.16. The van der Waals surface area contributed by atoms with Crippen LogP contribution >= 0.6 is 0 Å². The van der Waals surface area contributed by atoms with Crippen molar-refractivity contribution >= 4 is 0 Å². The van der Waals surface area contributed by atoms with Crippen LogP contribution in [0, 0.1) is 6.92 Å². The Bertz CT molecular complexity index is 294. The average molecular weight is 177 g/mol. The summed E-state index contributed by atoms with van der Waals surface area (Å²) in [6, 6.07) is 4.34. The summed E-state index contributed by atoms with van der Waals surface area (Å²) in [5.41, 5.74) is 3.92. The average Bonchev–Trinajstić information content (AvgIpc) is 2.01. The van der Waals surface area contributed by atoms with Crippen LogP contribution in [0.5, 0.6) is 0 Å². The lowest BCUT2D eigenvalue weighted by atomic mass is 9.86. The minimum Gasteiger partial charge on any atom is -0.258 e. The van der Waals surface area contributed by atoms with Gasteiger partial charge in [-0.2, -0.15) is 0 Å². The maximum atomic E-state index is 4.56. The van der Waals surface area contributed by atoms with Crippen LogP contribution in [0.15, 0.2) is 12.1 Å². The minimum absolute atomic E-state index is 0.212. The van der Waals surface area contributed by atoms with Gasteiger partial charge in [-0.15, -0.1) is 0 Å². The van der Waals surface area contributed by atoms with Gasteiger partial charge in [0.1, 0.15) is 0 Å². The molecule has 0 spiro atoms. The molecule has 0 aliphatic carbocycles. The Kier molecular flexibility index (Phi) is 2.74. The molecule has 1 nitrogen and oxygen atoms in total. The third-order valence-corrected chi connectivity index (χ3v) is 2.31. The van der Waals surface area contributed by atoms with Gasteiger partial charge in [0.2, 0.25) is 0 Å². The summed E-state index contributed by atoms with van der Waals surface area (Å²) in [6.07, 6.45) is 1.02. The van der Waals surface area contributed by atoms with Gasteiger partial charge in [-0.3, -0.25) is 4.98 Å². The molecule has 0 unspecified atom stereocenters. The van der Waals surface area contributed by atoms with E-state index < -0.39 is 0 Å². The quantitative estimate of drug-likeness (QED) is 0.641. The van der Waals surface area contributed by atoms with Crippen molar-refractivity contribution in [3.05, 3.63) is 29.1 Å². The molecule has 0 aliphatic heterocycles. The predicted octanol–water partition coefficient (Wildman–Crippen LogP) is 3.25. The fourth-order valence-corrected chi connectivity index (χ4v) is 1.60. The lowest BCUT2D eigenvalue weighted by Gasteiger charge is -2.21. The molecule has 1 heteroatoms. The second-order valence-corrected chi connectivity index (χ2v) is 4.54. The van der Waals surface area contributed by atoms with Gasteiger partial charge in [0.15, 0.2) is 0 Å². The van der Waals surface area contributed by atoms with Crippen molar-refractivity contribution < 1.29 is 0 Å². The molecule has 0 fully saturated rings. The second-order valence-electron chi connectivity index (χ2n) is 4.54. The van der Waals surface area contributed by atoms with E-state index in [1.807, 2.05) is 0 Å². The van der Waals surface area contributed by atoms with Gasteiger partial charge >= 0.3 is 0 Å². The van der Waals surface area contributed by atoms with Crippen molar-refractivity contribution in [2.45, 2.75) is 46.5 Å². The van der Waals surface area contributed by atoms with Crippen molar-refractivity contribution in [1.29, 1.82) is 0 Å². The van der Waals surface area contributed by atoms with Gasteiger partial charge < -0.3 is 0 Å². The van der Waals surface area contributed by atoms with Gasteiger partial charge in [-0.25, -0.2) is 0 Å². The second kappa shape index (κ2) is 3.49. The molecule has 1 aromatic rings. The van der Waals surface area contributed by atoms with E-state index in [0.29, 0.717) is 0 Å². The number of pyridine rings is 1. The van der Waals surface area contributed by atoms with Crippen LogP contribution in [0.2, 0.25) is 0 Å². The molecule has 0 atom stereocenters. The number of rotatable bonds is 1. The first kappa shape index (κ1) is 10.2. The van der Waals surface area contributed by atoms with E-state index in [9.17, 15) is 0 Å². The first-order valence-electron chi connectivity index (χ1n) is 4.92. The minimum atomic E-state index is 0.212. The third-order valence-electron chi connectivity index (χ3n) is 2.31. The zero-order valence-corrected chi connectivity index (χ0v) is 9.31. The van der Waals surface area contributed by atoms with Gasteiger partial charge in [0, 0.05) is 11.4 Å². The SMILES string of the molecule is CCc1ccc(C(C)(C)C)c(C)n1. The molecular formula is C12H19N. The lowest BCUT2D eigenvalue weighted by Crippen LogP contribution is -2.14. The molecule has 0 saturated heterocycles. The fourth-order valence-electron chi connectivity index (χ4n) is 1.60. The number of aryl methyl sites for hydroxylation is 2. The summed E-state index contributed by atoms with van der Waals surface area (Å²) in [5.74, 6) is 0. The molecule has 1 aromatic heterocycles. The Morgan fingerprint density at radius 2 is 1.85 bits per heavy atom. The van der Waals surface area contributed by atoms with E-state index >= 15 is 0 Å². The number of aromatic nitrogens is 1. The van der Waals surface area contributed by atoms with Crippen LogP contribution in [0.4, 0.5) is 0 Å². The van der Waals surface area contributed by atoms with Crippen LogP contribution in [-0.2, 0) is 11.8 Å². The highest BCUT2D eigenvalue weighted by molar-refractivity contribution is 5.28. The largest absolute Gasteiger partial charge is 0.258 e. The standard InChI is InChI=1S/C12H19N/c1-6-10-7-8-11(9(2)13-10)12(3,4)5/h7-8H,6H2,1-5H3. The summed E-state index contributed by atoms with van der Waals surface area (Å²) in [6.45, 7) is 10.9. The summed E-state index contributed by atoms with van der Waals surface area (Å²) in [4.78, 5) is 4.56. The van der Waals surface area contributed by atoms with E-state index in [2.05, 4.69) is 51.7 Å². The lowest BCUT2D eigenvalue weighted by molar-refractivity contribution is 0.581. The van der Waals surface area contributed by atoms with E-state index in [1.54, 1.807) is 0 Å². The highest BCUT2D eigenvalue weighted by atomic mass is 14.7. The normalized spacial score (nSPS) is 11.8. The van der Waals surface area contributed by atoms with Crippen molar-refractivity contribution in [2.24, 2.45) is 0 Å². The zero-order chi connectivity index (χ0) is 10.1. The molecule has 0 aliphatic rings. The molecular weight excluding hydrogens is 158 g/mol. The van der Waals surface area contributed by atoms with Gasteiger partial charge in [-0.1, -0.05) is 33.8 Å². The maximum Gasteiger partial charge on any atom is 0.0413 e. The van der Waals surface area contributed by atoms with E-state index in [1.165, 1.54) is 17.0 Å². The molecule has 0 bridgehead atoms. The first-order valence-corrected chi connectivity index (χ1v) is 4.92. The highest BCUT2D eigenvalue weighted by Crippen LogP contribution is 2.24. The first-order chi connectivity index (χ1) is 5.95. The molecule has 0 aromatic carbocycles. The Morgan fingerprint density at radius 3 is 2.23 bits per heavy atom. The van der Waals surface area contributed by atoms with Gasteiger partial charge in [0.05, 0.1) is 0 Å². The summed E-state index contributed by atoms with van der Waals surface area (Å²) in [7, 11) is 0. The Labute approximate surface area is 81.2 Å². The van der Waals surface area contributed by atoms with Crippen LogP contribution in [-0.4, -0.2) is 4.98 Å². The van der Waals surface area contributed by atoms with Crippen LogP contribution in [0.3, 0.4) is 0 Å². The fraction of sp³-hybridized carbons (Fsp3) is 0.583. The monoisotopic (exact) mass is 177 g/mol. The van der Waals surface area contributed by atoms with E-state index in [4.69, 9.17) is 0 Å². The summed E-state index contributed by atoms with van der Waals surface area (Å²) >= 11 is 0. The maximum absolute atomic E-state index is 4.56. The van der Waals surface area contributed by atoms with Crippen LogP contribution in [0.25, 0.3) is 0 Å². The molecule has 1 heterocycles. The Morgan fingerprint density at radius 1 is 1.23 bits per heavy atom. The van der Waals surface area contributed by atoms with E-state index in [-0.39, 0.29) is 5.41 Å². The summed E-state index contributed by atoms with van der Waals surface area (Å²) in [5, 5.41) is 0. The van der Waals surface area contributed by atoms with Gasteiger partial charge in [0.25, 0.3) is 0 Å². The molecule has 0 radical (unpaired) electrons. The molecule has 0 N–H and O–H groups in total. The Hall–Kier alpha value is -0.850. The van der Waals surface area contributed by atoms with Gasteiger partial charge in [-0.05, 0) is 30.4 Å². The molecule has 0 amide bonds. The van der Waals surface area contributed by atoms with Crippen LogP contribution in [0.1, 0.15) is 44.6 Å². The molecule has 72 valence electrons. The number of hydrogen-bond donors (Lipinski definition) is 0. The van der Waals surface area contributed by atoms with Crippen LogP contribution < -0.4 is 0 Å². The molecule has 1 rings (SSSR count). The van der Waals surface area contributed by atoms with E-state index in [0.717, 1.165) is 6.42 Å². The van der Waals surface area contributed by atoms with Crippen molar-refractivity contribution in [3.8, 4) is 0 Å².